The molecule has 68 valence electrons. The van der Waals surface area contributed by atoms with Crippen molar-refractivity contribution in [2.45, 2.75) is 0 Å². The lowest BCUT2D eigenvalue weighted by Crippen LogP contribution is -2.48. The lowest BCUT2D eigenvalue weighted by atomic mass is 10.3. The fourth-order valence-electron chi connectivity index (χ4n) is 1.25. The largest absolute Gasteiger partial charge is 0.369 e. The van der Waals surface area contributed by atoms with Gasteiger partial charge < -0.3 is 10.6 Å². The Morgan fingerprint density at radius 1 is 1.33 bits per heavy atom. The van der Waals surface area contributed by atoms with Gasteiger partial charge in [-0.3, -0.25) is 14.5 Å². The van der Waals surface area contributed by atoms with Crippen LogP contribution in [-0.2, 0) is 9.59 Å². The van der Waals surface area contributed by atoms with Gasteiger partial charge in [0, 0.05) is 26.2 Å². The van der Waals surface area contributed by atoms with E-state index in [-0.39, 0.29) is 5.91 Å². The van der Waals surface area contributed by atoms with Crippen LogP contribution in [0.2, 0.25) is 0 Å². The third kappa shape index (κ3) is 2.50. The molecule has 1 fully saturated rings. The van der Waals surface area contributed by atoms with Crippen LogP contribution in [0.1, 0.15) is 0 Å². The Labute approximate surface area is 71.1 Å². The minimum absolute atomic E-state index is 0.298. The van der Waals surface area contributed by atoms with Crippen molar-refractivity contribution in [3.05, 3.63) is 0 Å². The Hall–Kier alpha value is -1.10. The summed E-state index contributed by atoms with van der Waals surface area (Å²) < 4.78 is 0. The van der Waals surface area contributed by atoms with Crippen molar-refractivity contribution in [1.29, 1.82) is 0 Å². The molecule has 12 heavy (non-hydrogen) atoms. The van der Waals surface area contributed by atoms with Crippen LogP contribution in [0.25, 0.3) is 0 Å². The molecule has 0 aromatic carbocycles. The van der Waals surface area contributed by atoms with Gasteiger partial charge in [0.1, 0.15) is 0 Å². The predicted molar refractivity (Wildman–Crippen MR) is 43.3 cm³/mol. The Bertz CT molecular complexity index is 175. The first-order chi connectivity index (χ1) is 5.72. The minimum Gasteiger partial charge on any atom is -0.369 e. The van der Waals surface area contributed by atoms with E-state index < -0.39 is 0 Å². The molecule has 1 aliphatic rings. The van der Waals surface area contributed by atoms with Crippen molar-refractivity contribution in [2.75, 3.05) is 32.7 Å². The molecule has 1 heterocycles. The average Bonchev–Trinajstić information content (AvgIpc) is 2.05. The van der Waals surface area contributed by atoms with Gasteiger partial charge in [-0.2, -0.15) is 0 Å². The van der Waals surface area contributed by atoms with Crippen molar-refractivity contribution in [3.63, 3.8) is 0 Å². The zero-order valence-corrected chi connectivity index (χ0v) is 6.90. The first-order valence-corrected chi connectivity index (χ1v) is 3.92. The second-order valence-corrected chi connectivity index (χ2v) is 2.88. The molecule has 5 heteroatoms. The smallest absolute Gasteiger partial charge is 0.231 e. The van der Waals surface area contributed by atoms with Crippen LogP contribution in [0.5, 0.6) is 0 Å². The van der Waals surface area contributed by atoms with E-state index in [0.717, 1.165) is 19.5 Å². The zero-order valence-electron chi connectivity index (χ0n) is 6.90. The topological polar surface area (TPSA) is 66.6 Å². The average molecular weight is 171 g/mol. The van der Waals surface area contributed by atoms with E-state index in [0.29, 0.717) is 19.6 Å². The Kier molecular flexibility index (Phi) is 3.04. The summed E-state index contributed by atoms with van der Waals surface area (Å²) in [6.45, 7) is 3.16. The highest BCUT2D eigenvalue weighted by atomic mass is 16.1. The number of nitrogens with zero attached hydrogens (tertiary/aromatic N) is 2. The molecule has 0 unspecified atom stereocenters. The number of rotatable bonds is 3. The van der Waals surface area contributed by atoms with Gasteiger partial charge in [-0.05, 0) is 0 Å². The molecule has 2 amide bonds. The summed E-state index contributed by atoms with van der Waals surface area (Å²) >= 11 is 0. The first-order valence-electron chi connectivity index (χ1n) is 3.92. The second kappa shape index (κ2) is 4.06. The Balaban J connectivity index is 2.26. The van der Waals surface area contributed by atoms with Crippen molar-refractivity contribution in [3.8, 4) is 0 Å². The maximum absolute atomic E-state index is 10.5. The van der Waals surface area contributed by atoms with Gasteiger partial charge in [-0.25, -0.2) is 0 Å². The number of carbonyl (C=O) groups is 2. The Morgan fingerprint density at radius 3 is 2.33 bits per heavy atom. The number of hydrogen-bond donors (Lipinski definition) is 1. The van der Waals surface area contributed by atoms with Gasteiger partial charge >= 0.3 is 0 Å². The molecule has 0 aromatic heterocycles. The van der Waals surface area contributed by atoms with E-state index in [2.05, 4.69) is 0 Å². The molecule has 1 aliphatic heterocycles. The van der Waals surface area contributed by atoms with E-state index in [4.69, 9.17) is 5.73 Å². The lowest BCUT2D eigenvalue weighted by molar-refractivity contribution is -0.121. The van der Waals surface area contributed by atoms with Gasteiger partial charge in [-0.1, -0.05) is 0 Å². The zero-order chi connectivity index (χ0) is 8.97. The van der Waals surface area contributed by atoms with Crippen LogP contribution in [-0.4, -0.2) is 54.8 Å². The van der Waals surface area contributed by atoms with Crippen LogP contribution in [0.4, 0.5) is 0 Å². The van der Waals surface area contributed by atoms with Crippen LogP contribution in [0.3, 0.4) is 0 Å². The lowest BCUT2D eigenvalue weighted by Gasteiger charge is -2.31. The van der Waals surface area contributed by atoms with Gasteiger partial charge in [-0.15, -0.1) is 0 Å². The fourth-order valence-corrected chi connectivity index (χ4v) is 1.25. The van der Waals surface area contributed by atoms with Gasteiger partial charge in [0.15, 0.2) is 0 Å². The summed E-state index contributed by atoms with van der Waals surface area (Å²) in [6.07, 6.45) is 0.835. The van der Waals surface area contributed by atoms with Crippen LogP contribution < -0.4 is 5.73 Å². The number of amides is 2. The SMILES string of the molecule is NC(=O)CN1CCN(C=O)CC1. The van der Waals surface area contributed by atoms with Crippen molar-refractivity contribution in [2.24, 2.45) is 5.73 Å². The third-order valence-corrected chi connectivity index (χ3v) is 1.94. The molecule has 0 aliphatic carbocycles. The molecule has 1 saturated heterocycles. The quantitative estimate of drug-likeness (QED) is 0.512. The number of nitrogens with two attached hydrogens (primary N) is 1. The summed E-state index contributed by atoms with van der Waals surface area (Å²) in [5, 5.41) is 0. The monoisotopic (exact) mass is 171 g/mol. The number of carbonyl (C=O) groups excluding carboxylic acids is 2. The maximum Gasteiger partial charge on any atom is 0.231 e. The summed E-state index contributed by atoms with van der Waals surface area (Å²) in [5.41, 5.74) is 5.03. The number of hydrogen-bond acceptors (Lipinski definition) is 3. The fraction of sp³-hybridized carbons (Fsp3) is 0.714. The Morgan fingerprint density at radius 2 is 1.92 bits per heavy atom. The van der Waals surface area contributed by atoms with E-state index in [9.17, 15) is 9.59 Å². The van der Waals surface area contributed by atoms with Crippen LogP contribution in [0.15, 0.2) is 0 Å². The first kappa shape index (κ1) is 8.99. The van der Waals surface area contributed by atoms with E-state index >= 15 is 0 Å². The highest BCUT2D eigenvalue weighted by Crippen LogP contribution is 1.97. The molecule has 0 saturated carbocycles. The minimum atomic E-state index is -0.311. The highest BCUT2D eigenvalue weighted by Gasteiger charge is 2.15. The number of piperazine rings is 1. The molecule has 1 rings (SSSR count). The van der Waals surface area contributed by atoms with E-state index in [1.807, 2.05) is 4.90 Å². The van der Waals surface area contributed by atoms with E-state index in [1.54, 1.807) is 4.90 Å². The van der Waals surface area contributed by atoms with Crippen molar-refractivity contribution in [1.82, 2.24) is 9.80 Å². The van der Waals surface area contributed by atoms with E-state index in [1.165, 1.54) is 0 Å². The molecule has 0 atom stereocenters. The molecule has 0 radical (unpaired) electrons. The van der Waals surface area contributed by atoms with Crippen molar-refractivity contribution < 1.29 is 9.59 Å². The highest BCUT2D eigenvalue weighted by molar-refractivity contribution is 5.75. The third-order valence-electron chi connectivity index (χ3n) is 1.94. The van der Waals surface area contributed by atoms with Crippen LogP contribution >= 0.6 is 0 Å². The van der Waals surface area contributed by atoms with Crippen molar-refractivity contribution >= 4 is 12.3 Å². The standard InChI is InChI=1S/C7H13N3O2/c8-7(12)5-9-1-3-10(6-11)4-2-9/h6H,1-5H2,(H2,8,12). The molecule has 0 spiro atoms. The maximum atomic E-state index is 10.5. The molecule has 2 N–H and O–H groups in total. The summed E-state index contributed by atoms with van der Waals surface area (Å²) in [4.78, 5) is 24.5. The molecule has 5 nitrogen and oxygen atoms in total. The molecule has 0 aromatic rings. The van der Waals surface area contributed by atoms with Gasteiger partial charge in [0.25, 0.3) is 0 Å². The number of primary amides is 1. The van der Waals surface area contributed by atoms with Gasteiger partial charge in [0.05, 0.1) is 6.54 Å². The summed E-state index contributed by atoms with van der Waals surface area (Å²) in [6, 6.07) is 0. The normalized spacial score (nSPS) is 19.2. The molecule has 0 bridgehead atoms. The van der Waals surface area contributed by atoms with Gasteiger partial charge in [0.2, 0.25) is 12.3 Å². The van der Waals surface area contributed by atoms with Crippen LogP contribution in [0, 0.1) is 0 Å². The molecular weight excluding hydrogens is 158 g/mol. The second-order valence-electron chi connectivity index (χ2n) is 2.88. The predicted octanol–water partition coefficient (Wildman–Crippen LogP) is -1.75. The summed E-state index contributed by atoms with van der Waals surface area (Å²) in [5.74, 6) is -0.311. The summed E-state index contributed by atoms with van der Waals surface area (Å²) in [7, 11) is 0. The molecular formula is C7H13N3O2.